The molecule has 0 radical (unpaired) electrons. The fourth-order valence-corrected chi connectivity index (χ4v) is 5.38. The smallest absolute Gasteiger partial charge is 0.338 e. The molecule has 38 heavy (non-hydrogen) atoms. The molecule has 1 aromatic carbocycles. The lowest BCUT2D eigenvalue weighted by atomic mass is 9.78. The molecule has 13 heteroatoms. The van der Waals surface area contributed by atoms with Crippen molar-refractivity contribution in [2.75, 3.05) is 12.3 Å². The van der Waals surface area contributed by atoms with Crippen LogP contribution in [0.1, 0.15) is 37.3 Å². The van der Waals surface area contributed by atoms with Crippen LogP contribution in [-0.2, 0) is 11.3 Å². The van der Waals surface area contributed by atoms with Gasteiger partial charge in [-0.3, -0.25) is 4.68 Å². The van der Waals surface area contributed by atoms with Crippen LogP contribution in [0.25, 0.3) is 33.5 Å². The summed E-state index contributed by atoms with van der Waals surface area (Å²) in [5, 5.41) is 35.8. The fourth-order valence-electron chi connectivity index (χ4n) is 5.38. The predicted octanol–water partition coefficient (Wildman–Crippen LogP) is 2.60. The first-order valence-electron chi connectivity index (χ1n) is 12.4. The van der Waals surface area contributed by atoms with Crippen LogP contribution in [0.15, 0.2) is 42.9 Å². The van der Waals surface area contributed by atoms with Gasteiger partial charge >= 0.3 is 5.97 Å². The number of rotatable bonds is 7. The molecule has 1 saturated carbocycles. The van der Waals surface area contributed by atoms with Gasteiger partial charge in [0.25, 0.3) is 0 Å². The number of aliphatic hydroxyl groups is 1. The van der Waals surface area contributed by atoms with E-state index in [1.807, 2.05) is 30.5 Å². The highest BCUT2D eigenvalue weighted by molar-refractivity contribution is 5.81. The van der Waals surface area contributed by atoms with E-state index < -0.39 is 18.1 Å². The molecular formula is C25H26FN9O3. The normalized spacial score (nSPS) is 18.8. The zero-order valence-corrected chi connectivity index (χ0v) is 20.4. The number of hydrogen-bond acceptors (Lipinski definition) is 8. The summed E-state index contributed by atoms with van der Waals surface area (Å²) in [5.41, 5.74) is 11.5. The molecule has 0 amide bonds. The number of nitrogens with two attached hydrogens (primary N) is 1. The molecule has 5 aromatic rings. The van der Waals surface area contributed by atoms with E-state index in [-0.39, 0.29) is 12.5 Å². The summed E-state index contributed by atoms with van der Waals surface area (Å²) in [7, 11) is 0. The Morgan fingerprint density at radius 2 is 1.95 bits per heavy atom. The van der Waals surface area contributed by atoms with Crippen LogP contribution in [0.5, 0.6) is 0 Å². The number of aliphatic hydroxyl groups excluding tert-OH is 1. The van der Waals surface area contributed by atoms with Crippen LogP contribution in [-0.4, -0.2) is 68.3 Å². The molecule has 0 spiro atoms. The van der Waals surface area contributed by atoms with Crippen LogP contribution < -0.4 is 5.73 Å². The first kappa shape index (κ1) is 24.0. The Labute approximate surface area is 215 Å². The molecule has 0 bridgehead atoms. The van der Waals surface area contributed by atoms with Gasteiger partial charge in [-0.1, -0.05) is 17.3 Å². The Balaban J connectivity index is 1.49. The van der Waals surface area contributed by atoms with Crippen molar-refractivity contribution in [1.29, 1.82) is 0 Å². The lowest BCUT2D eigenvalue weighted by Crippen LogP contribution is -2.29. The summed E-state index contributed by atoms with van der Waals surface area (Å²) in [6.07, 6.45) is 5.22. The van der Waals surface area contributed by atoms with Gasteiger partial charge in [-0.15, -0.1) is 5.10 Å². The first-order valence-corrected chi connectivity index (χ1v) is 12.4. The quantitative estimate of drug-likeness (QED) is 0.293. The third-order valence-corrected chi connectivity index (χ3v) is 7.33. The highest BCUT2D eigenvalue weighted by Crippen LogP contribution is 2.41. The Hall–Kier alpha value is -4.39. The maximum Gasteiger partial charge on any atom is 0.338 e. The number of halogens is 1. The number of nitrogen functional groups attached to an aromatic ring is 1. The topological polar surface area (TPSA) is 162 Å². The number of anilines is 1. The number of para-hydroxylation sites is 1. The van der Waals surface area contributed by atoms with Crippen molar-refractivity contribution in [1.82, 2.24) is 39.4 Å². The minimum Gasteiger partial charge on any atom is -0.479 e. The average Bonchev–Trinajstić information content (AvgIpc) is 3.67. The minimum atomic E-state index is -1.88. The fraction of sp³-hybridized carbons (Fsp3) is 0.360. The van der Waals surface area contributed by atoms with E-state index in [9.17, 15) is 14.3 Å². The molecule has 4 heterocycles. The molecule has 4 aromatic heterocycles. The number of fused-ring (bicyclic) bond motifs is 2. The van der Waals surface area contributed by atoms with E-state index in [0.717, 1.165) is 16.6 Å². The number of aliphatic carboxylic acids is 1. The van der Waals surface area contributed by atoms with Gasteiger partial charge in [0.05, 0.1) is 36.8 Å². The molecule has 1 aliphatic rings. The lowest BCUT2D eigenvalue weighted by molar-refractivity contribution is -0.145. The molecule has 0 aliphatic heterocycles. The van der Waals surface area contributed by atoms with E-state index in [1.165, 1.54) is 0 Å². The van der Waals surface area contributed by atoms with Crippen molar-refractivity contribution < 1.29 is 19.4 Å². The van der Waals surface area contributed by atoms with Crippen molar-refractivity contribution in [2.24, 2.45) is 5.92 Å². The number of carboxylic acids is 1. The number of nitrogens with zero attached hydrogens (tertiary/aromatic N) is 8. The molecule has 1 fully saturated rings. The molecular weight excluding hydrogens is 493 g/mol. The average molecular weight is 520 g/mol. The second kappa shape index (κ2) is 9.49. The van der Waals surface area contributed by atoms with Crippen molar-refractivity contribution >= 4 is 28.5 Å². The SMILES string of the molecule is Nc1c(-n2nnc3ccccc32)c(C2CCC(C(F)C(=O)O)CC2)nc2c(-c3cnn(CCO)c3)cnn12. The predicted molar refractivity (Wildman–Crippen MR) is 135 cm³/mol. The monoisotopic (exact) mass is 519 g/mol. The summed E-state index contributed by atoms with van der Waals surface area (Å²) in [6.45, 7) is 0.323. The number of alkyl halides is 1. The van der Waals surface area contributed by atoms with Crippen LogP contribution in [0, 0.1) is 5.92 Å². The van der Waals surface area contributed by atoms with Gasteiger partial charge in [0.15, 0.2) is 17.6 Å². The van der Waals surface area contributed by atoms with Gasteiger partial charge in [-0.25, -0.2) is 18.9 Å². The van der Waals surface area contributed by atoms with E-state index in [0.29, 0.717) is 60.6 Å². The van der Waals surface area contributed by atoms with Crippen LogP contribution >= 0.6 is 0 Å². The Morgan fingerprint density at radius 3 is 2.71 bits per heavy atom. The highest BCUT2D eigenvalue weighted by atomic mass is 19.1. The van der Waals surface area contributed by atoms with Gasteiger partial charge in [0.1, 0.15) is 11.2 Å². The Bertz CT molecular complexity index is 1630. The third kappa shape index (κ3) is 3.95. The van der Waals surface area contributed by atoms with E-state index in [2.05, 4.69) is 20.5 Å². The molecule has 4 N–H and O–H groups in total. The van der Waals surface area contributed by atoms with Gasteiger partial charge in [0, 0.05) is 29.2 Å². The number of benzene rings is 1. The van der Waals surface area contributed by atoms with Crippen molar-refractivity contribution in [3.05, 3.63) is 48.5 Å². The second-order valence-corrected chi connectivity index (χ2v) is 9.58. The zero-order valence-electron chi connectivity index (χ0n) is 20.4. The van der Waals surface area contributed by atoms with Crippen molar-refractivity contribution in [3.63, 3.8) is 0 Å². The molecule has 1 aliphatic carbocycles. The van der Waals surface area contributed by atoms with E-state index in [4.69, 9.17) is 15.8 Å². The van der Waals surface area contributed by atoms with E-state index in [1.54, 1.807) is 26.3 Å². The van der Waals surface area contributed by atoms with Crippen molar-refractivity contribution in [3.8, 4) is 16.8 Å². The molecule has 12 nitrogen and oxygen atoms in total. The largest absolute Gasteiger partial charge is 0.479 e. The molecule has 196 valence electrons. The molecule has 0 saturated heterocycles. The summed E-state index contributed by atoms with van der Waals surface area (Å²) >= 11 is 0. The lowest BCUT2D eigenvalue weighted by Gasteiger charge is -2.30. The summed E-state index contributed by atoms with van der Waals surface area (Å²) in [4.78, 5) is 16.3. The molecule has 6 rings (SSSR count). The highest BCUT2D eigenvalue weighted by Gasteiger charge is 2.35. The maximum absolute atomic E-state index is 14.3. The molecule has 1 atom stereocenters. The van der Waals surface area contributed by atoms with Gasteiger partial charge in [0.2, 0.25) is 0 Å². The second-order valence-electron chi connectivity index (χ2n) is 9.58. The zero-order chi connectivity index (χ0) is 26.4. The number of hydrogen-bond donors (Lipinski definition) is 3. The van der Waals surface area contributed by atoms with E-state index >= 15 is 0 Å². The number of aromatic nitrogens is 8. The first-order chi connectivity index (χ1) is 18.5. The molecule has 1 unspecified atom stereocenters. The van der Waals surface area contributed by atoms with Gasteiger partial charge in [-0.2, -0.15) is 14.7 Å². The van der Waals surface area contributed by atoms with Gasteiger partial charge < -0.3 is 15.9 Å². The summed E-state index contributed by atoms with van der Waals surface area (Å²) < 4.78 is 19.1. The Morgan fingerprint density at radius 1 is 1.16 bits per heavy atom. The van der Waals surface area contributed by atoms with Gasteiger partial charge in [-0.05, 0) is 37.8 Å². The Kier molecular flexibility index (Phi) is 5.98. The maximum atomic E-state index is 14.3. The van der Waals surface area contributed by atoms with Crippen molar-refractivity contribution in [2.45, 2.75) is 44.3 Å². The van der Waals surface area contributed by atoms with Crippen LogP contribution in [0.3, 0.4) is 0 Å². The number of carbonyl (C=O) groups is 1. The standard InChI is InChI=1S/C25H26FN9O3/c26-20(25(37)38)14-5-7-15(8-6-14)21-22(34-19-4-2-1-3-18(19)31-32-34)23(27)35-24(30-21)17(12-29-35)16-11-28-33(13-16)9-10-36/h1-4,11-15,20,36H,5-10,27H2,(H,37,38). The van der Waals surface area contributed by atoms with Crippen LogP contribution in [0.2, 0.25) is 0 Å². The summed E-state index contributed by atoms with van der Waals surface area (Å²) in [5.74, 6) is -1.73. The number of carboxylic acid groups (broad SMARTS) is 1. The third-order valence-electron chi connectivity index (χ3n) is 7.33. The summed E-state index contributed by atoms with van der Waals surface area (Å²) in [6, 6.07) is 7.51. The minimum absolute atomic E-state index is 0.0370. The van der Waals surface area contributed by atoms with Crippen LogP contribution in [0.4, 0.5) is 10.2 Å².